The van der Waals surface area contributed by atoms with Crippen LogP contribution in [-0.4, -0.2) is 14.9 Å². The number of nitrogens with zero attached hydrogens (tertiary/aromatic N) is 2. The van der Waals surface area contributed by atoms with E-state index in [0.29, 0.717) is 5.82 Å². The average Bonchev–Trinajstić information content (AvgIpc) is 2.82. The van der Waals surface area contributed by atoms with Crippen molar-refractivity contribution < 1.29 is 5.11 Å². The van der Waals surface area contributed by atoms with Crippen LogP contribution in [0, 0.1) is 0 Å². The SMILES string of the molecule is Nc1c2c(nn1-c1cccc(O)c1)CNC2. The average molecular weight is 216 g/mol. The number of hydrogen-bond acceptors (Lipinski definition) is 4. The maximum absolute atomic E-state index is 9.42. The minimum atomic E-state index is 0.214. The number of nitrogen functional groups attached to an aromatic ring is 1. The zero-order valence-corrected chi connectivity index (χ0v) is 8.64. The fourth-order valence-corrected chi connectivity index (χ4v) is 1.97. The summed E-state index contributed by atoms with van der Waals surface area (Å²) < 4.78 is 1.67. The van der Waals surface area contributed by atoms with Crippen LogP contribution in [0.25, 0.3) is 5.69 Å². The number of aromatic nitrogens is 2. The third-order valence-corrected chi connectivity index (χ3v) is 2.77. The first kappa shape index (κ1) is 9.23. The Labute approximate surface area is 92.5 Å². The second-order valence-electron chi connectivity index (χ2n) is 3.85. The van der Waals surface area contributed by atoms with Gasteiger partial charge in [-0.3, -0.25) is 0 Å². The van der Waals surface area contributed by atoms with Gasteiger partial charge in [0.1, 0.15) is 11.6 Å². The number of anilines is 1. The molecule has 0 radical (unpaired) electrons. The lowest BCUT2D eigenvalue weighted by molar-refractivity contribution is 0.475. The van der Waals surface area contributed by atoms with Gasteiger partial charge in [0, 0.05) is 24.7 Å². The highest BCUT2D eigenvalue weighted by Crippen LogP contribution is 2.25. The third-order valence-electron chi connectivity index (χ3n) is 2.77. The van der Waals surface area contributed by atoms with Crippen molar-refractivity contribution in [3.63, 3.8) is 0 Å². The van der Waals surface area contributed by atoms with E-state index in [1.807, 2.05) is 6.07 Å². The summed E-state index contributed by atoms with van der Waals surface area (Å²) in [6.07, 6.45) is 0. The molecule has 0 aliphatic carbocycles. The van der Waals surface area contributed by atoms with Gasteiger partial charge in [-0.2, -0.15) is 5.10 Å². The molecular weight excluding hydrogens is 204 g/mol. The lowest BCUT2D eigenvalue weighted by atomic mass is 10.2. The van der Waals surface area contributed by atoms with E-state index in [9.17, 15) is 5.11 Å². The van der Waals surface area contributed by atoms with Crippen molar-refractivity contribution in [1.29, 1.82) is 0 Å². The molecule has 0 bridgehead atoms. The molecule has 0 spiro atoms. The minimum Gasteiger partial charge on any atom is -0.508 e. The first-order chi connectivity index (χ1) is 7.75. The molecule has 1 aromatic carbocycles. The van der Waals surface area contributed by atoms with E-state index >= 15 is 0 Å². The van der Waals surface area contributed by atoms with Crippen LogP contribution in [0.1, 0.15) is 11.3 Å². The molecule has 2 heterocycles. The van der Waals surface area contributed by atoms with Crippen LogP contribution in [0.2, 0.25) is 0 Å². The number of nitrogens with one attached hydrogen (secondary N) is 1. The van der Waals surface area contributed by atoms with E-state index in [2.05, 4.69) is 10.4 Å². The Bertz CT molecular complexity index is 547. The summed E-state index contributed by atoms with van der Waals surface area (Å²) in [5, 5.41) is 17.0. The summed E-state index contributed by atoms with van der Waals surface area (Å²) in [5.41, 5.74) is 8.85. The van der Waals surface area contributed by atoms with Crippen LogP contribution in [0.15, 0.2) is 24.3 Å². The normalized spacial score (nSPS) is 14.0. The Balaban J connectivity index is 2.14. The topological polar surface area (TPSA) is 76.1 Å². The largest absolute Gasteiger partial charge is 0.508 e. The van der Waals surface area contributed by atoms with Gasteiger partial charge in [0.15, 0.2) is 0 Å². The van der Waals surface area contributed by atoms with Crippen LogP contribution in [-0.2, 0) is 13.1 Å². The second kappa shape index (κ2) is 3.24. The molecule has 0 saturated carbocycles. The van der Waals surface area contributed by atoms with Gasteiger partial charge in [-0.25, -0.2) is 4.68 Å². The van der Waals surface area contributed by atoms with Crippen molar-refractivity contribution in [2.24, 2.45) is 0 Å². The highest BCUT2D eigenvalue weighted by atomic mass is 16.3. The molecule has 1 aliphatic heterocycles. The van der Waals surface area contributed by atoms with Gasteiger partial charge in [-0.05, 0) is 12.1 Å². The number of phenols is 1. The summed E-state index contributed by atoms with van der Waals surface area (Å²) in [4.78, 5) is 0. The van der Waals surface area contributed by atoms with Crippen molar-refractivity contribution in [3.8, 4) is 11.4 Å². The molecule has 0 amide bonds. The molecule has 16 heavy (non-hydrogen) atoms. The predicted molar refractivity (Wildman–Crippen MR) is 60.2 cm³/mol. The Morgan fingerprint density at radius 2 is 2.25 bits per heavy atom. The maximum atomic E-state index is 9.42. The molecule has 1 aliphatic rings. The van der Waals surface area contributed by atoms with E-state index in [4.69, 9.17) is 5.73 Å². The van der Waals surface area contributed by atoms with Crippen LogP contribution in [0.4, 0.5) is 5.82 Å². The van der Waals surface area contributed by atoms with Crippen LogP contribution >= 0.6 is 0 Å². The van der Waals surface area contributed by atoms with E-state index in [-0.39, 0.29) is 5.75 Å². The Kier molecular flexibility index (Phi) is 1.87. The number of phenolic OH excluding ortho intramolecular Hbond substituents is 1. The molecule has 0 atom stereocenters. The molecule has 0 fully saturated rings. The van der Waals surface area contributed by atoms with Crippen molar-refractivity contribution >= 4 is 5.82 Å². The van der Waals surface area contributed by atoms with E-state index in [1.165, 1.54) is 0 Å². The summed E-state index contributed by atoms with van der Waals surface area (Å²) in [6.45, 7) is 1.52. The van der Waals surface area contributed by atoms with Crippen LogP contribution in [0.5, 0.6) is 5.75 Å². The molecule has 4 N–H and O–H groups in total. The Hall–Kier alpha value is -2.01. The number of hydrogen-bond donors (Lipinski definition) is 3. The molecule has 5 nitrogen and oxygen atoms in total. The number of aromatic hydroxyl groups is 1. The van der Waals surface area contributed by atoms with Gasteiger partial charge in [0.05, 0.1) is 11.4 Å². The lowest BCUT2D eigenvalue weighted by Crippen LogP contribution is -2.08. The van der Waals surface area contributed by atoms with Crippen molar-refractivity contribution in [2.45, 2.75) is 13.1 Å². The van der Waals surface area contributed by atoms with Gasteiger partial charge in [0.25, 0.3) is 0 Å². The zero-order chi connectivity index (χ0) is 11.1. The first-order valence-electron chi connectivity index (χ1n) is 5.12. The minimum absolute atomic E-state index is 0.214. The molecule has 3 rings (SSSR count). The van der Waals surface area contributed by atoms with Crippen molar-refractivity contribution in [1.82, 2.24) is 15.1 Å². The third kappa shape index (κ3) is 1.25. The van der Waals surface area contributed by atoms with Crippen LogP contribution in [0.3, 0.4) is 0 Å². The van der Waals surface area contributed by atoms with Gasteiger partial charge in [-0.1, -0.05) is 6.07 Å². The fraction of sp³-hybridized carbons (Fsp3) is 0.182. The molecular formula is C11H12N4O. The monoisotopic (exact) mass is 216 g/mol. The smallest absolute Gasteiger partial charge is 0.132 e. The second-order valence-corrected chi connectivity index (χ2v) is 3.85. The number of benzene rings is 1. The quantitative estimate of drug-likeness (QED) is 0.658. The molecule has 1 aromatic heterocycles. The number of fused-ring (bicyclic) bond motifs is 1. The zero-order valence-electron chi connectivity index (χ0n) is 8.64. The summed E-state index contributed by atoms with van der Waals surface area (Å²) in [5.74, 6) is 0.858. The standard InChI is InChI=1S/C11H12N4O/c12-11-9-5-13-6-10(9)14-15(11)7-2-1-3-8(16)4-7/h1-4,13,16H,5-6,12H2. The van der Waals surface area contributed by atoms with Crippen molar-refractivity contribution in [2.75, 3.05) is 5.73 Å². The molecule has 82 valence electrons. The highest BCUT2D eigenvalue weighted by molar-refractivity contribution is 5.52. The van der Waals surface area contributed by atoms with E-state index in [1.54, 1.807) is 22.9 Å². The fourth-order valence-electron chi connectivity index (χ4n) is 1.97. The molecule has 2 aromatic rings. The first-order valence-corrected chi connectivity index (χ1v) is 5.12. The van der Waals surface area contributed by atoms with Crippen LogP contribution < -0.4 is 11.1 Å². The van der Waals surface area contributed by atoms with Gasteiger partial charge in [0.2, 0.25) is 0 Å². The maximum Gasteiger partial charge on any atom is 0.132 e. The molecule has 0 saturated heterocycles. The number of rotatable bonds is 1. The predicted octanol–water partition coefficient (Wildman–Crippen LogP) is 0.763. The van der Waals surface area contributed by atoms with E-state index in [0.717, 1.165) is 30.0 Å². The summed E-state index contributed by atoms with van der Waals surface area (Å²) in [6, 6.07) is 6.91. The molecule has 0 unspecified atom stereocenters. The molecule has 5 heteroatoms. The van der Waals surface area contributed by atoms with Gasteiger partial charge < -0.3 is 16.2 Å². The highest BCUT2D eigenvalue weighted by Gasteiger charge is 2.20. The summed E-state index contributed by atoms with van der Waals surface area (Å²) in [7, 11) is 0. The summed E-state index contributed by atoms with van der Waals surface area (Å²) >= 11 is 0. The Morgan fingerprint density at radius 1 is 1.38 bits per heavy atom. The van der Waals surface area contributed by atoms with Gasteiger partial charge in [-0.15, -0.1) is 0 Å². The van der Waals surface area contributed by atoms with E-state index < -0.39 is 0 Å². The van der Waals surface area contributed by atoms with Crippen molar-refractivity contribution in [3.05, 3.63) is 35.5 Å². The lowest BCUT2D eigenvalue weighted by Gasteiger charge is -2.05. The number of nitrogens with two attached hydrogens (primary N) is 1. The Morgan fingerprint density at radius 3 is 3.00 bits per heavy atom. The van der Waals surface area contributed by atoms with Gasteiger partial charge >= 0.3 is 0 Å².